The molecule has 2 fully saturated rings. The van der Waals surface area contributed by atoms with E-state index in [1.54, 1.807) is 6.07 Å². The Morgan fingerprint density at radius 2 is 1.97 bits per heavy atom. The molecule has 2 unspecified atom stereocenters. The highest BCUT2D eigenvalue weighted by Gasteiger charge is 2.73. The summed E-state index contributed by atoms with van der Waals surface area (Å²) in [5, 5.41) is 28.2. The van der Waals surface area contributed by atoms with Gasteiger partial charge in [-0.2, -0.15) is 0 Å². The number of para-hydroxylation sites is 1. The number of nitrogens with zero attached hydrogens (tertiary/aromatic N) is 2. The van der Waals surface area contributed by atoms with Crippen LogP contribution in [0.3, 0.4) is 0 Å². The van der Waals surface area contributed by atoms with Crippen LogP contribution in [0.15, 0.2) is 36.4 Å². The minimum atomic E-state index is -0.987. The predicted octanol–water partition coefficient (Wildman–Crippen LogP) is 4.71. The zero-order valence-electron chi connectivity index (χ0n) is 21.3. The number of phenols is 1. The molecule has 2 aliphatic heterocycles. The Labute approximate surface area is 212 Å². The lowest BCUT2D eigenvalue weighted by Crippen LogP contribution is -2.74. The number of anilines is 1. The molecule has 3 aliphatic carbocycles. The Balaban J connectivity index is 0.00000108. The summed E-state index contributed by atoms with van der Waals surface area (Å²) < 4.78 is 6.66. The number of benzene rings is 2. The van der Waals surface area contributed by atoms with E-state index in [1.807, 2.05) is 39.1 Å². The number of likely N-dealkylation sites (tertiary alicyclic amines) is 1. The van der Waals surface area contributed by atoms with Gasteiger partial charge in [-0.05, 0) is 55.8 Å². The number of hydrogen-bond acceptors (Lipinski definition) is 6. The third kappa shape index (κ3) is 2.61. The molecule has 1 saturated carbocycles. The molecular formula is C30H35N3O3. The molecule has 4 atom stereocenters. The van der Waals surface area contributed by atoms with Crippen molar-refractivity contribution in [3.8, 4) is 11.5 Å². The Kier molecular flexibility index (Phi) is 4.72. The number of rotatable bonds is 3. The second-order valence-electron chi connectivity index (χ2n) is 11.0. The molecule has 3 aromatic rings. The molecule has 1 aromatic heterocycles. The first-order valence-electron chi connectivity index (χ1n) is 13.6. The van der Waals surface area contributed by atoms with E-state index in [-0.39, 0.29) is 11.8 Å². The summed E-state index contributed by atoms with van der Waals surface area (Å²) >= 11 is 0. The Morgan fingerprint density at radius 3 is 2.75 bits per heavy atom. The number of phenolic OH excluding ortho intramolecular Hbond substituents is 1. The van der Waals surface area contributed by atoms with E-state index < -0.39 is 17.1 Å². The van der Waals surface area contributed by atoms with Crippen LogP contribution in [-0.2, 0) is 18.3 Å². The number of ether oxygens (including phenoxy) is 1. The van der Waals surface area contributed by atoms with E-state index in [0.717, 1.165) is 65.3 Å². The standard InChI is InChI=1S/C28H29N3O3.C2H6/c1-29-23-17-4-2-3-5-19(17)30-24-18(23)13-28(33)21-12-16-8-9-20(32)25-22(16)27(28,26(24)34-25)10-11-31(21)14-15-6-7-15;1-2/h2-5,8-9,15,21,26,32-33H,6-7,10-14H2,1H3,(H,29,30);1-2H3/t21-,26?,27+,28?;/m1./s1. The maximum absolute atomic E-state index is 12.9. The first-order chi connectivity index (χ1) is 17.5. The van der Waals surface area contributed by atoms with Crippen LogP contribution < -0.4 is 10.1 Å². The van der Waals surface area contributed by atoms with Crippen LogP contribution in [0.25, 0.3) is 10.9 Å². The molecule has 5 aliphatic rings. The molecule has 2 aromatic carbocycles. The van der Waals surface area contributed by atoms with Crippen LogP contribution in [0, 0.1) is 5.92 Å². The lowest BCUT2D eigenvalue weighted by Gasteiger charge is -2.63. The summed E-state index contributed by atoms with van der Waals surface area (Å²) in [7, 11) is 1.95. The largest absolute Gasteiger partial charge is 0.504 e. The van der Waals surface area contributed by atoms with Gasteiger partial charge in [-0.15, -0.1) is 0 Å². The fourth-order valence-corrected chi connectivity index (χ4v) is 7.87. The van der Waals surface area contributed by atoms with Crippen molar-refractivity contribution in [2.24, 2.45) is 5.92 Å². The van der Waals surface area contributed by atoms with E-state index in [0.29, 0.717) is 12.2 Å². The van der Waals surface area contributed by atoms with Crippen molar-refractivity contribution >= 4 is 16.6 Å². The first-order valence-corrected chi connectivity index (χ1v) is 13.6. The molecule has 2 bridgehead atoms. The van der Waals surface area contributed by atoms with Gasteiger partial charge < -0.3 is 20.3 Å². The molecule has 1 saturated heterocycles. The third-order valence-electron chi connectivity index (χ3n) is 9.48. The van der Waals surface area contributed by atoms with Crippen LogP contribution in [0.1, 0.15) is 61.6 Å². The smallest absolute Gasteiger partial charge is 0.166 e. The highest BCUT2D eigenvalue weighted by atomic mass is 16.5. The Morgan fingerprint density at radius 1 is 1.17 bits per heavy atom. The molecular weight excluding hydrogens is 450 g/mol. The number of fused-ring (bicyclic) bond motifs is 3. The normalized spacial score (nSPS) is 31.1. The summed E-state index contributed by atoms with van der Waals surface area (Å²) in [5.41, 5.74) is 4.59. The molecule has 188 valence electrons. The molecule has 6 nitrogen and oxygen atoms in total. The van der Waals surface area contributed by atoms with Gasteiger partial charge >= 0.3 is 0 Å². The van der Waals surface area contributed by atoms with Crippen LogP contribution >= 0.6 is 0 Å². The number of aromatic hydroxyl groups is 1. The second kappa shape index (κ2) is 7.59. The summed E-state index contributed by atoms with van der Waals surface area (Å²) in [6.07, 6.45) is 4.33. The lowest BCUT2D eigenvalue weighted by atomic mass is 9.48. The van der Waals surface area contributed by atoms with Gasteiger partial charge in [0.2, 0.25) is 0 Å². The van der Waals surface area contributed by atoms with E-state index in [4.69, 9.17) is 9.72 Å². The van der Waals surface area contributed by atoms with Crippen LogP contribution in [-0.4, -0.2) is 51.9 Å². The molecule has 8 rings (SSSR count). The number of aliphatic hydroxyl groups is 1. The average Bonchev–Trinajstić information content (AvgIpc) is 3.64. The van der Waals surface area contributed by atoms with E-state index in [9.17, 15) is 10.2 Å². The number of pyridine rings is 1. The summed E-state index contributed by atoms with van der Waals surface area (Å²) in [4.78, 5) is 7.71. The average molecular weight is 486 g/mol. The second-order valence-corrected chi connectivity index (χ2v) is 11.0. The van der Waals surface area contributed by atoms with Crippen molar-refractivity contribution in [3.05, 3.63) is 58.8 Å². The highest BCUT2D eigenvalue weighted by molar-refractivity contribution is 5.94. The van der Waals surface area contributed by atoms with Crippen molar-refractivity contribution in [3.63, 3.8) is 0 Å². The van der Waals surface area contributed by atoms with E-state index in [2.05, 4.69) is 22.3 Å². The highest BCUT2D eigenvalue weighted by Crippen LogP contribution is 2.69. The van der Waals surface area contributed by atoms with Gasteiger partial charge in [-0.25, -0.2) is 4.98 Å². The maximum Gasteiger partial charge on any atom is 0.166 e. The lowest BCUT2D eigenvalue weighted by molar-refractivity contribution is -0.173. The van der Waals surface area contributed by atoms with Gasteiger partial charge in [0, 0.05) is 48.3 Å². The first kappa shape index (κ1) is 22.4. The minimum Gasteiger partial charge on any atom is -0.504 e. The van der Waals surface area contributed by atoms with E-state index >= 15 is 0 Å². The number of aromatic nitrogens is 1. The number of piperidine rings is 1. The third-order valence-corrected chi connectivity index (χ3v) is 9.48. The fourth-order valence-electron chi connectivity index (χ4n) is 7.87. The molecule has 1 spiro atoms. The molecule has 6 heteroatoms. The molecule has 0 amide bonds. The van der Waals surface area contributed by atoms with Gasteiger partial charge in [0.05, 0.1) is 22.2 Å². The van der Waals surface area contributed by atoms with Gasteiger partial charge in [0.15, 0.2) is 17.6 Å². The predicted molar refractivity (Wildman–Crippen MR) is 141 cm³/mol. The van der Waals surface area contributed by atoms with Crippen LogP contribution in [0.2, 0.25) is 0 Å². The fraction of sp³-hybridized carbons (Fsp3) is 0.500. The molecule has 36 heavy (non-hydrogen) atoms. The molecule has 3 heterocycles. The maximum atomic E-state index is 12.9. The Hall–Kier alpha value is -2.83. The zero-order chi connectivity index (χ0) is 24.8. The van der Waals surface area contributed by atoms with Crippen molar-refractivity contribution in [1.29, 1.82) is 0 Å². The number of hydrogen-bond donors (Lipinski definition) is 3. The van der Waals surface area contributed by atoms with Gasteiger partial charge in [0.25, 0.3) is 0 Å². The quantitative estimate of drug-likeness (QED) is 0.499. The SMILES string of the molecule is CC.CNc1c2c(nc3ccccc13)C1Oc3c(O)ccc4c3[C@@]13CCN(CC1CC1)[C@H](C4)C3(O)C2. The van der Waals surface area contributed by atoms with Gasteiger partial charge in [0.1, 0.15) is 0 Å². The van der Waals surface area contributed by atoms with Gasteiger partial charge in [-0.3, -0.25) is 4.90 Å². The summed E-state index contributed by atoms with van der Waals surface area (Å²) in [6, 6.07) is 12.0. The number of nitrogens with one attached hydrogen (secondary N) is 1. The van der Waals surface area contributed by atoms with Crippen molar-refractivity contribution < 1.29 is 14.9 Å². The zero-order valence-corrected chi connectivity index (χ0v) is 21.3. The van der Waals surface area contributed by atoms with Gasteiger partial charge in [-0.1, -0.05) is 38.1 Å². The monoisotopic (exact) mass is 485 g/mol. The van der Waals surface area contributed by atoms with Crippen molar-refractivity contribution in [1.82, 2.24) is 9.88 Å². The van der Waals surface area contributed by atoms with Crippen LogP contribution in [0.5, 0.6) is 11.5 Å². The summed E-state index contributed by atoms with van der Waals surface area (Å²) in [5.74, 6) is 1.49. The Bertz CT molecular complexity index is 1390. The van der Waals surface area contributed by atoms with Crippen molar-refractivity contribution in [2.75, 3.05) is 25.5 Å². The molecule has 3 N–H and O–H groups in total. The minimum absolute atomic E-state index is 0.0280. The molecule has 0 radical (unpaired) electrons. The van der Waals surface area contributed by atoms with Crippen LogP contribution in [0.4, 0.5) is 5.69 Å². The topological polar surface area (TPSA) is 77.9 Å². The van der Waals surface area contributed by atoms with Crippen molar-refractivity contribution in [2.45, 2.75) is 69.1 Å². The summed E-state index contributed by atoms with van der Waals surface area (Å²) in [6.45, 7) is 6.01. The van der Waals surface area contributed by atoms with E-state index in [1.165, 1.54) is 18.4 Å².